The molecule has 39 heavy (non-hydrogen) atoms. The molecular weight excluding hydrogens is 491 g/mol. The molecule has 6 heteroatoms. The lowest BCUT2D eigenvalue weighted by atomic mass is 9.64. The topological polar surface area (TPSA) is 66.5 Å². The summed E-state index contributed by atoms with van der Waals surface area (Å²) in [6.07, 6.45) is 3.84. The van der Waals surface area contributed by atoms with Crippen LogP contribution in [0.3, 0.4) is 0 Å². The molecule has 7 rings (SSSR count). The summed E-state index contributed by atoms with van der Waals surface area (Å²) < 4.78 is 15.2. The molecule has 0 radical (unpaired) electrons. The highest BCUT2D eigenvalue weighted by Crippen LogP contribution is 2.58. The zero-order chi connectivity index (χ0) is 26.7. The van der Waals surface area contributed by atoms with Gasteiger partial charge in [-0.05, 0) is 35.4 Å². The number of nitrogens with zero attached hydrogens (tertiary/aromatic N) is 1. The van der Waals surface area contributed by atoms with Crippen molar-refractivity contribution in [3.8, 4) is 0 Å². The zero-order valence-corrected chi connectivity index (χ0v) is 20.8. The summed E-state index contributed by atoms with van der Waals surface area (Å²) in [5, 5.41) is 2.98. The fourth-order valence-electron chi connectivity index (χ4n) is 6.72. The Bertz CT molecular complexity index is 1700. The van der Waals surface area contributed by atoms with E-state index < -0.39 is 35.0 Å². The number of nitrogens with one attached hydrogen (secondary N) is 1. The summed E-state index contributed by atoms with van der Waals surface area (Å²) >= 11 is 0. The molecule has 0 bridgehead atoms. The van der Waals surface area contributed by atoms with Gasteiger partial charge >= 0.3 is 0 Å². The van der Waals surface area contributed by atoms with Crippen molar-refractivity contribution in [2.75, 3.05) is 10.2 Å². The third-order valence-corrected chi connectivity index (χ3v) is 8.29. The molecule has 0 aromatic heterocycles. The molecule has 3 aliphatic rings. The first-order valence-electron chi connectivity index (χ1n) is 12.9. The second-order valence-corrected chi connectivity index (χ2v) is 10.1. The van der Waals surface area contributed by atoms with Crippen molar-refractivity contribution < 1.29 is 18.8 Å². The van der Waals surface area contributed by atoms with E-state index in [1.165, 1.54) is 18.2 Å². The van der Waals surface area contributed by atoms with Crippen LogP contribution >= 0.6 is 0 Å². The van der Waals surface area contributed by atoms with Gasteiger partial charge in [0.1, 0.15) is 17.3 Å². The highest BCUT2D eigenvalue weighted by Gasteiger charge is 2.70. The summed E-state index contributed by atoms with van der Waals surface area (Å²) in [6.45, 7) is 0. The second-order valence-electron chi connectivity index (χ2n) is 10.1. The van der Waals surface area contributed by atoms with Crippen LogP contribution in [0.1, 0.15) is 31.8 Å². The van der Waals surface area contributed by atoms with Crippen LogP contribution in [-0.4, -0.2) is 29.6 Å². The van der Waals surface area contributed by atoms with E-state index in [1.807, 2.05) is 65.6 Å². The first kappa shape index (κ1) is 23.3. The van der Waals surface area contributed by atoms with Crippen molar-refractivity contribution in [2.24, 2.45) is 5.92 Å². The molecular formula is C33H23FN2O3. The lowest BCUT2D eigenvalue weighted by molar-refractivity contribution is -0.121. The van der Waals surface area contributed by atoms with Gasteiger partial charge in [0.05, 0.1) is 17.5 Å². The van der Waals surface area contributed by atoms with Crippen molar-refractivity contribution in [1.29, 1.82) is 0 Å². The van der Waals surface area contributed by atoms with Gasteiger partial charge in [0, 0.05) is 16.9 Å². The fourth-order valence-corrected chi connectivity index (χ4v) is 6.72. The number of carbonyl (C=O) groups excluding carboxylic acids is 3. The van der Waals surface area contributed by atoms with Gasteiger partial charge in [-0.1, -0.05) is 91.0 Å². The van der Waals surface area contributed by atoms with Crippen molar-refractivity contribution in [3.63, 3.8) is 0 Å². The molecule has 1 N–H and O–H groups in total. The molecule has 1 amide bonds. The van der Waals surface area contributed by atoms with Crippen LogP contribution in [0.15, 0.2) is 109 Å². The lowest BCUT2D eigenvalue weighted by Crippen LogP contribution is -2.51. The Morgan fingerprint density at radius 3 is 2.31 bits per heavy atom. The molecule has 0 unspecified atom stereocenters. The van der Waals surface area contributed by atoms with E-state index in [1.54, 1.807) is 36.4 Å². The van der Waals surface area contributed by atoms with Crippen LogP contribution in [0.5, 0.6) is 0 Å². The SMILES string of the molecule is O=C(c1ccccc1)[C@@H]1[C@H](C(=O)c2ccccc2F)[C@]2(C(=O)Nc3ccccc32)[C@@H]2C=Cc3ccccc3N12. The monoisotopic (exact) mass is 514 g/mol. The van der Waals surface area contributed by atoms with E-state index in [2.05, 4.69) is 5.32 Å². The minimum Gasteiger partial charge on any atom is -0.352 e. The third kappa shape index (κ3) is 3.15. The number of Topliss-reactive ketones (excluding diaryl/α,β-unsaturated/α-hetero) is 2. The maximum Gasteiger partial charge on any atom is 0.238 e. The summed E-state index contributed by atoms with van der Waals surface area (Å²) in [7, 11) is 0. The Morgan fingerprint density at radius 1 is 0.795 bits per heavy atom. The van der Waals surface area contributed by atoms with E-state index in [-0.39, 0.29) is 17.3 Å². The van der Waals surface area contributed by atoms with Crippen molar-refractivity contribution in [2.45, 2.75) is 17.5 Å². The largest absolute Gasteiger partial charge is 0.352 e. The number of rotatable bonds is 4. The van der Waals surface area contributed by atoms with E-state index in [9.17, 15) is 14.4 Å². The standard InChI is InChI=1S/C33H23FN2O3/c34-24-15-7-5-13-22(24)31(38)28-29(30(37)21-11-2-1-3-12-21)36-26-17-9-4-10-20(26)18-19-27(36)33(28)23-14-6-8-16-25(23)35-32(33)39/h1-19,27-29H,(H,35,39)/t27-,28+,29-,33+/m0/s1. The normalized spacial score (nSPS) is 24.2. The minimum absolute atomic E-state index is 0.137. The van der Waals surface area contributed by atoms with Gasteiger partial charge in [-0.3, -0.25) is 14.4 Å². The molecule has 0 aliphatic carbocycles. The van der Waals surface area contributed by atoms with Crippen LogP contribution in [0.2, 0.25) is 0 Å². The molecule has 4 atom stereocenters. The number of amides is 1. The first-order valence-corrected chi connectivity index (χ1v) is 12.9. The zero-order valence-electron chi connectivity index (χ0n) is 20.8. The van der Waals surface area contributed by atoms with Crippen LogP contribution < -0.4 is 10.2 Å². The van der Waals surface area contributed by atoms with E-state index in [0.29, 0.717) is 16.8 Å². The molecule has 4 aromatic rings. The maximum absolute atomic E-state index is 15.2. The Hall–Kier alpha value is -4.84. The Balaban J connectivity index is 1.56. The Kier molecular flexibility index (Phi) is 5.13. The predicted octanol–water partition coefficient (Wildman–Crippen LogP) is 5.68. The van der Waals surface area contributed by atoms with Gasteiger partial charge in [0.15, 0.2) is 11.6 Å². The molecule has 3 aliphatic heterocycles. The average Bonchev–Trinajstić information content (AvgIpc) is 3.45. The molecule has 0 saturated carbocycles. The number of anilines is 2. The maximum atomic E-state index is 15.2. The Morgan fingerprint density at radius 2 is 1.49 bits per heavy atom. The van der Waals surface area contributed by atoms with Crippen LogP contribution in [0.4, 0.5) is 15.8 Å². The van der Waals surface area contributed by atoms with Crippen LogP contribution in [-0.2, 0) is 10.2 Å². The van der Waals surface area contributed by atoms with Gasteiger partial charge in [0.25, 0.3) is 0 Å². The van der Waals surface area contributed by atoms with Gasteiger partial charge < -0.3 is 10.2 Å². The molecule has 4 aromatic carbocycles. The molecule has 190 valence electrons. The highest BCUT2D eigenvalue weighted by atomic mass is 19.1. The molecule has 1 spiro atoms. The first-order chi connectivity index (χ1) is 19.0. The summed E-state index contributed by atoms with van der Waals surface area (Å²) in [5.74, 6) is -3.13. The lowest BCUT2D eigenvalue weighted by Gasteiger charge is -2.37. The Labute approximate surface area is 224 Å². The smallest absolute Gasteiger partial charge is 0.238 e. The number of benzene rings is 4. The number of hydrogen-bond acceptors (Lipinski definition) is 4. The summed E-state index contributed by atoms with van der Waals surface area (Å²) in [6, 6.07) is 27.7. The number of para-hydroxylation sites is 2. The minimum atomic E-state index is -1.46. The van der Waals surface area contributed by atoms with E-state index in [0.717, 1.165) is 11.3 Å². The molecule has 1 saturated heterocycles. The van der Waals surface area contributed by atoms with Crippen LogP contribution in [0.25, 0.3) is 6.08 Å². The van der Waals surface area contributed by atoms with Gasteiger partial charge in [-0.15, -0.1) is 0 Å². The molecule has 3 heterocycles. The number of carbonyl (C=O) groups is 3. The number of fused-ring (bicyclic) bond motifs is 6. The van der Waals surface area contributed by atoms with Gasteiger partial charge in [-0.2, -0.15) is 0 Å². The quantitative estimate of drug-likeness (QED) is 0.356. The third-order valence-electron chi connectivity index (χ3n) is 8.29. The number of ketones is 2. The average molecular weight is 515 g/mol. The van der Waals surface area contributed by atoms with Crippen LogP contribution in [0, 0.1) is 11.7 Å². The molecule has 1 fully saturated rings. The predicted molar refractivity (Wildman–Crippen MR) is 147 cm³/mol. The van der Waals surface area contributed by atoms with E-state index >= 15 is 4.39 Å². The van der Waals surface area contributed by atoms with Gasteiger partial charge in [0.2, 0.25) is 5.91 Å². The van der Waals surface area contributed by atoms with Crippen molar-refractivity contribution >= 4 is 34.9 Å². The van der Waals surface area contributed by atoms with Crippen molar-refractivity contribution in [1.82, 2.24) is 0 Å². The van der Waals surface area contributed by atoms with Gasteiger partial charge in [-0.25, -0.2) is 4.39 Å². The number of halogens is 1. The molecule has 5 nitrogen and oxygen atoms in total. The van der Waals surface area contributed by atoms with E-state index in [4.69, 9.17) is 0 Å². The fraction of sp³-hybridized carbons (Fsp3) is 0.121. The second kappa shape index (κ2) is 8.60. The van der Waals surface area contributed by atoms with Crippen molar-refractivity contribution in [3.05, 3.63) is 137 Å². The number of hydrogen-bond donors (Lipinski definition) is 1. The highest BCUT2D eigenvalue weighted by molar-refractivity contribution is 6.18. The summed E-state index contributed by atoms with van der Waals surface area (Å²) in [4.78, 5) is 45.2. The summed E-state index contributed by atoms with van der Waals surface area (Å²) in [5.41, 5.74) is 1.67.